The molecule has 1 fully saturated rings. The molecule has 6 heteroatoms. The van der Waals surface area contributed by atoms with E-state index in [0.29, 0.717) is 17.1 Å². The van der Waals surface area contributed by atoms with Gasteiger partial charge in [0.2, 0.25) is 0 Å². The molecule has 4 rings (SSSR count). The molecular weight excluding hydrogens is 414 g/mol. The summed E-state index contributed by atoms with van der Waals surface area (Å²) in [5.41, 5.74) is 0.284. The Balaban J connectivity index is 2.05. The third kappa shape index (κ3) is 3.34. The molecule has 0 radical (unpaired) electrons. The van der Waals surface area contributed by atoms with Crippen molar-refractivity contribution in [3.63, 3.8) is 0 Å². The SMILES string of the molecule is COc1cc(OC)cc([C@H]2[C@H](C(=O)C(C)(C)C)N3c4ccccc4C=C[C@@H]3C2(C#N)C#N)c1. The molecule has 1 saturated heterocycles. The number of ketones is 1. The third-order valence-corrected chi connectivity index (χ3v) is 6.66. The summed E-state index contributed by atoms with van der Waals surface area (Å²) < 4.78 is 10.9. The Morgan fingerprint density at radius 1 is 1.03 bits per heavy atom. The van der Waals surface area contributed by atoms with Crippen LogP contribution in [-0.4, -0.2) is 32.1 Å². The number of fused-ring (bicyclic) bond motifs is 3. The van der Waals surface area contributed by atoms with Crippen LogP contribution in [0.4, 0.5) is 5.69 Å². The number of carbonyl (C=O) groups excluding carboxylic acids is 1. The minimum absolute atomic E-state index is 0.0308. The molecule has 168 valence electrons. The van der Waals surface area contributed by atoms with Crippen LogP contribution in [0.1, 0.15) is 37.8 Å². The molecule has 2 aromatic carbocycles. The van der Waals surface area contributed by atoms with Gasteiger partial charge < -0.3 is 14.4 Å². The summed E-state index contributed by atoms with van der Waals surface area (Å²) in [5, 5.41) is 21.0. The number of hydrogen-bond acceptors (Lipinski definition) is 6. The third-order valence-electron chi connectivity index (χ3n) is 6.66. The molecule has 0 aromatic heterocycles. The average molecular weight is 442 g/mol. The first kappa shape index (κ1) is 22.4. The van der Waals surface area contributed by atoms with Gasteiger partial charge in [0.25, 0.3) is 0 Å². The smallest absolute Gasteiger partial charge is 0.176 e. The summed E-state index contributed by atoms with van der Waals surface area (Å²) in [6, 6.07) is 16.5. The van der Waals surface area contributed by atoms with Crippen LogP contribution in [0.25, 0.3) is 6.08 Å². The summed E-state index contributed by atoms with van der Waals surface area (Å²) in [6.45, 7) is 5.62. The van der Waals surface area contributed by atoms with Crippen molar-refractivity contribution in [1.29, 1.82) is 10.5 Å². The van der Waals surface area contributed by atoms with Gasteiger partial charge in [0.05, 0.1) is 38.4 Å². The molecule has 0 N–H and O–H groups in total. The first-order chi connectivity index (χ1) is 15.7. The van der Waals surface area contributed by atoms with Gasteiger partial charge in [0.15, 0.2) is 11.2 Å². The van der Waals surface area contributed by atoms with Crippen molar-refractivity contribution in [3.05, 3.63) is 59.7 Å². The molecular formula is C27H27N3O3. The molecule has 0 amide bonds. The van der Waals surface area contributed by atoms with Gasteiger partial charge in [0, 0.05) is 23.1 Å². The number of Topliss-reactive ketones (excluding diaryl/α,β-unsaturated/α-hetero) is 1. The van der Waals surface area contributed by atoms with Crippen molar-refractivity contribution in [1.82, 2.24) is 0 Å². The van der Waals surface area contributed by atoms with E-state index in [0.717, 1.165) is 11.3 Å². The zero-order valence-electron chi connectivity index (χ0n) is 19.5. The summed E-state index contributed by atoms with van der Waals surface area (Å²) >= 11 is 0. The number of rotatable bonds is 4. The normalized spacial score (nSPS) is 22.5. The monoisotopic (exact) mass is 441 g/mol. The first-order valence-corrected chi connectivity index (χ1v) is 10.9. The Hall–Kier alpha value is -3.77. The maximum atomic E-state index is 14.0. The minimum Gasteiger partial charge on any atom is -0.497 e. The second-order valence-corrected chi connectivity index (χ2v) is 9.55. The molecule has 0 aliphatic carbocycles. The second-order valence-electron chi connectivity index (χ2n) is 9.55. The van der Waals surface area contributed by atoms with Crippen molar-refractivity contribution in [3.8, 4) is 23.6 Å². The second kappa shape index (κ2) is 7.98. The first-order valence-electron chi connectivity index (χ1n) is 10.9. The Labute approximate surface area is 194 Å². The topological polar surface area (TPSA) is 86.3 Å². The summed E-state index contributed by atoms with van der Waals surface area (Å²) in [4.78, 5) is 16.0. The van der Waals surface area contributed by atoms with Gasteiger partial charge in [-0.25, -0.2) is 0 Å². The lowest BCUT2D eigenvalue weighted by atomic mass is 9.67. The van der Waals surface area contributed by atoms with E-state index in [1.54, 1.807) is 32.4 Å². The standard InChI is InChI=1S/C27H27N3O3/c1-26(2,3)25(31)24-23(18-12-19(32-4)14-20(13-18)33-5)27(15-28,16-29)22-11-10-17-8-6-7-9-21(17)30(22)24/h6-14,22-24H,1-5H3/t22-,23+,24-/m1/s1. The van der Waals surface area contributed by atoms with Crippen LogP contribution in [-0.2, 0) is 4.79 Å². The van der Waals surface area contributed by atoms with Gasteiger partial charge >= 0.3 is 0 Å². The van der Waals surface area contributed by atoms with Crippen molar-refractivity contribution >= 4 is 17.5 Å². The Bertz CT molecular complexity index is 1180. The molecule has 0 bridgehead atoms. The number of methoxy groups -OCH3 is 2. The predicted molar refractivity (Wildman–Crippen MR) is 126 cm³/mol. The lowest BCUT2D eigenvalue weighted by molar-refractivity contribution is -0.127. The van der Waals surface area contributed by atoms with Crippen LogP contribution in [0.15, 0.2) is 48.5 Å². The van der Waals surface area contributed by atoms with E-state index < -0.39 is 28.8 Å². The number of para-hydroxylation sites is 1. The van der Waals surface area contributed by atoms with Crippen LogP contribution in [0.5, 0.6) is 11.5 Å². The molecule has 2 aromatic rings. The fraction of sp³-hybridized carbons (Fsp3) is 0.370. The van der Waals surface area contributed by atoms with E-state index in [1.165, 1.54) is 0 Å². The minimum atomic E-state index is -1.49. The number of anilines is 1. The molecule has 0 spiro atoms. The van der Waals surface area contributed by atoms with Crippen LogP contribution in [0, 0.1) is 33.5 Å². The van der Waals surface area contributed by atoms with Gasteiger partial charge in [0.1, 0.15) is 11.5 Å². The van der Waals surface area contributed by atoms with Crippen molar-refractivity contribution in [2.24, 2.45) is 10.8 Å². The lowest BCUT2D eigenvalue weighted by Crippen LogP contribution is -2.47. The molecule has 0 unspecified atom stereocenters. The van der Waals surface area contributed by atoms with Gasteiger partial charge in [-0.15, -0.1) is 0 Å². The highest BCUT2D eigenvalue weighted by molar-refractivity contribution is 5.96. The maximum absolute atomic E-state index is 14.0. The quantitative estimate of drug-likeness (QED) is 0.682. The number of carbonyl (C=O) groups is 1. The van der Waals surface area contributed by atoms with Gasteiger partial charge in [-0.05, 0) is 29.3 Å². The fourth-order valence-electron chi connectivity index (χ4n) is 5.06. The molecule has 33 heavy (non-hydrogen) atoms. The van der Waals surface area contributed by atoms with Crippen LogP contribution in [0.3, 0.4) is 0 Å². The molecule has 6 nitrogen and oxygen atoms in total. The summed E-state index contributed by atoms with van der Waals surface area (Å²) in [6.07, 6.45) is 3.82. The van der Waals surface area contributed by atoms with Crippen molar-refractivity contribution in [2.75, 3.05) is 19.1 Å². The largest absolute Gasteiger partial charge is 0.497 e. The molecule has 0 saturated carbocycles. The van der Waals surface area contributed by atoms with E-state index >= 15 is 0 Å². The van der Waals surface area contributed by atoms with Crippen LogP contribution in [0.2, 0.25) is 0 Å². The fourth-order valence-corrected chi connectivity index (χ4v) is 5.06. The Kier molecular flexibility index (Phi) is 5.42. The van der Waals surface area contributed by atoms with E-state index in [9.17, 15) is 15.3 Å². The van der Waals surface area contributed by atoms with E-state index in [2.05, 4.69) is 12.1 Å². The number of ether oxygens (including phenoxy) is 2. The zero-order chi connectivity index (χ0) is 24.0. The van der Waals surface area contributed by atoms with Gasteiger partial charge in [-0.2, -0.15) is 10.5 Å². The Morgan fingerprint density at radius 2 is 1.64 bits per heavy atom. The van der Waals surface area contributed by atoms with Crippen molar-refractivity contribution in [2.45, 2.75) is 38.8 Å². The Morgan fingerprint density at radius 3 is 2.18 bits per heavy atom. The van der Waals surface area contributed by atoms with Crippen molar-refractivity contribution < 1.29 is 14.3 Å². The number of benzene rings is 2. The average Bonchev–Trinajstić information content (AvgIpc) is 3.13. The van der Waals surface area contributed by atoms with Crippen LogP contribution >= 0.6 is 0 Å². The zero-order valence-corrected chi connectivity index (χ0v) is 19.5. The van der Waals surface area contributed by atoms with E-state index in [-0.39, 0.29) is 5.78 Å². The number of nitrogens with zero attached hydrogens (tertiary/aromatic N) is 3. The molecule has 2 heterocycles. The van der Waals surface area contributed by atoms with E-state index in [1.807, 2.05) is 62.1 Å². The maximum Gasteiger partial charge on any atom is 0.176 e. The highest BCUT2D eigenvalue weighted by Gasteiger charge is 2.64. The molecule has 2 aliphatic heterocycles. The van der Waals surface area contributed by atoms with Crippen LogP contribution < -0.4 is 14.4 Å². The summed E-state index contributed by atoms with van der Waals surface area (Å²) in [5.74, 6) is 0.328. The molecule has 3 atom stereocenters. The summed E-state index contributed by atoms with van der Waals surface area (Å²) in [7, 11) is 3.10. The highest BCUT2D eigenvalue weighted by atomic mass is 16.5. The lowest BCUT2D eigenvalue weighted by Gasteiger charge is -2.37. The predicted octanol–water partition coefficient (Wildman–Crippen LogP) is 4.72. The van der Waals surface area contributed by atoms with Gasteiger partial charge in [-0.1, -0.05) is 51.1 Å². The van der Waals surface area contributed by atoms with E-state index in [4.69, 9.17) is 9.47 Å². The number of hydrogen-bond donors (Lipinski definition) is 0. The highest BCUT2D eigenvalue weighted by Crippen LogP contribution is 2.56. The number of nitriles is 2. The molecule has 2 aliphatic rings. The van der Waals surface area contributed by atoms with Gasteiger partial charge in [-0.3, -0.25) is 4.79 Å².